The molecule has 4 N–H and O–H groups in total. The molecule has 0 saturated heterocycles. The zero-order valence-corrected chi connectivity index (χ0v) is 10.7. The molecule has 1 aromatic carbocycles. The van der Waals surface area contributed by atoms with Crippen LogP contribution in [0.15, 0.2) is 27.4 Å². The number of oxazole rings is 1. The van der Waals surface area contributed by atoms with Gasteiger partial charge >= 0.3 is 5.76 Å². The highest BCUT2D eigenvalue weighted by Gasteiger charge is 2.16. The Labute approximate surface area is 105 Å². The summed E-state index contributed by atoms with van der Waals surface area (Å²) in [5.74, 6) is -0.425. The summed E-state index contributed by atoms with van der Waals surface area (Å²) in [4.78, 5) is 13.7. The van der Waals surface area contributed by atoms with Crippen LogP contribution in [0.3, 0.4) is 0 Å². The van der Waals surface area contributed by atoms with Crippen molar-refractivity contribution in [2.45, 2.75) is 20.3 Å². The van der Waals surface area contributed by atoms with E-state index >= 15 is 0 Å². The van der Waals surface area contributed by atoms with Gasteiger partial charge in [-0.25, -0.2) is 4.79 Å². The molecule has 1 aromatic heterocycles. The number of H-pyrrole nitrogens is 1. The molecule has 0 fully saturated rings. The van der Waals surface area contributed by atoms with Gasteiger partial charge in [0.15, 0.2) is 5.58 Å². The molecule has 2 rings (SSSR count). The lowest BCUT2D eigenvalue weighted by atomic mass is 9.89. The molecule has 0 aliphatic carbocycles. The Kier molecular flexibility index (Phi) is 3.43. The summed E-state index contributed by atoms with van der Waals surface area (Å²) < 4.78 is 5.02. The van der Waals surface area contributed by atoms with Gasteiger partial charge in [0, 0.05) is 18.3 Å². The molecule has 2 aromatic rings. The topological polar surface area (TPSA) is 84.0 Å². The number of nitrogens with one attached hydrogen (secondary N) is 2. The summed E-state index contributed by atoms with van der Waals surface area (Å²) in [6.45, 7) is 5.84. The second-order valence-corrected chi connectivity index (χ2v) is 5.28. The Morgan fingerprint density at radius 2 is 2.22 bits per heavy atom. The van der Waals surface area contributed by atoms with Gasteiger partial charge in [-0.2, -0.15) is 0 Å². The lowest BCUT2D eigenvalue weighted by Gasteiger charge is -2.24. The molecule has 0 spiro atoms. The van der Waals surface area contributed by atoms with Gasteiger partial charge in [0.25, 0.3) is 0 Å². The van der Waals surface area contributed by atoms with Gasteiger partial charge in [0.2, 0.25) is 0 Å². The largest absolute Gasteiger partial charge is 0.417 e. The SMILES string of the molecule is CC(C)(CCN)CNc1ccc2[nH]c(=O)oc2c1. The van der Waals surface area contributed by atoms with Crippen molar-refractivity contribution >= 4 is 16.8 Å². The number of aromatic amines is 1. The third-order valence-electron chi connectivity index (χ3n) is 3.01. The fourth-order valence-corrected chi connectivity index (χ4v) is 1.88. The Hall–Kier alpha value is -1.75. The van der Waals surface area contributed by atoms with Crippen LogP contribution in [0.25, 0.3) is 11.1 Å². The zero-order chi connectivity index (χ0) is 13.2. The number of fused-ring (bicyclic) bond motifs is 1. The predicted molar refractivity (Wildman–Crippen MR) is 72.8 cm³/mol. The number of benzene rings is 1. The highest BCUT2D eigenvalue weighted by Crippen LogP contribution is 2.22. The van der Waals surface area contributed by atoms with Gasteiger partial charge in [-0.3, -0.25) is 4.98 Å². The van der Waals surface area contributed by atoms with E-state index in [0.29, 0.717) is 17.6 Å². The molecule has 0 aliphatic rings. The molecular weight excluding hydrogens is 230 g/mol. The van der Waals surface area contributed by atoms with Gasteiger partial charge in [-0.1, -0.05) is 13.8 Å². The van der Waals surface area contributed by atoms with Crippen LogP contribution in [0.2, 0.25) is 0 Å². The first-order valence-electron chi connectivity index (χ1n) is 6.07. The summed E-state index contributed by atoms with van der Waals surface area (Å²) >= 11 is 0. The number of nitrogens with two attached hydrogens (primary N) is 1. The fourth-order valence-electron chi connectivity index (χ4n) is 1.88. The highest BCUT2D eigenvalue weighted by molar-refractivity contribution is 5.76. The van der Waals surface area contributed by atoms with Crippen LogP contribution in [0.5, 0.6) is 0 Å². The average Bonchev–Trinajstić information content (AvgIpc) is 2.65. The van der Waals surface area contributed by atoms with Crippen molar-refractivity contribution in [3.63, 3.8) is 0 Å². The third-order valence-corrected chi connectivity index (χ3v) is 3.01. The Balaban J connectivity index is 2.10. The average molecular weight is 249 g/mol. The van der Waals surface area contributed by atoms with E-state index in [0.717, 1.165) is 18.7 Å². The van der Waals surface area contributed by atoms with Crippen LogP contribution in [0, 0.1) is 5.41 Å². The van der Waals surface area contributed by atoms with Gasteiger partial charge < -0.3 is 15.5 Å². The molecule has 0 saturated carbocycles. The third kappa shape index (κ3) is 2.92. The van der Waals surface area contributed by atoms with E-state index in [9.17, 15) is 4.79 Å². The molecule has 0 atom stereocenters. The Bertz CT molecular complexity index is 583. The molecule has 0 unspecified atom stereocenters. The standard InChI is InChI=1S/C13H19N3O2/c1-13(2,5-6-14)8-15-9-3-4-10-11(7-9)18-12(17)16-10/h3-4,7,15H,5-6,8,14H2,1-2H3,(H,16,17). The second kappa shape index (κ2) is 4.86. The van der Waals surface area contributed by atoms with E-state index in [2.05, 4.69) is 24.1 Å². The molecule has 0 bridgehead atoms. The van der Waals surface area contributed by atoms with Crippen molar-refractivity contribution in [3.8, 4) is 0 Å². The minimum absolute atomic E-state index is 0.142. The molecule has 5 heteroatoms. The first-order chi connectivity index (χ1) is 8.50. The summed E-state index contributed by atoms with van der Waals surface area (Å²) in [6, 6.07) is 5.58. The zero-order valence-electron chi connectivity index (χ0n) is 10.7. The number of hydrogen-bond acceptors (Lipinski definition) is 4. The van der Waals surface area contributed by atoms with Crippen LogP contribution < -0.4 is 16.8 Å². The first kappa shape index (κ1) is 12.7. The van der Waals surface area contributed by atoms with Crippen molar-refractivity contribution < 1.29 is 4.42 Å². The van der Waals surface area contributed by atoms with E-state index < -0.39 is 5.76 Å². The van der Waals surface area contributed by atoms with Crippen molar-refractivity contribution in [1.82, 2.24) is 4.98 Å². The maximum absolute atomic E-state index is 11.0. The molecule has 5 nitrogen and oxygen atoms in total. The summed E-state index contributed by atoms with van der Waals surface area (Å²) in [7, 11) is 0. The lowest BCUT2D eigenvalue weighted by molar-refractivity contribution is 0.365. The summed E-state index contributed by atoms with van der Waals surface area (Å²) in [5, 5.41) is 3.34. The second-order valence-electron chi connectivity index (χ2n) is 5.28. The van der Waals surface area contributed by atoms with E-state index in [1.54, 1.807) is 0 Å². The quantitative estimate of drug-likeness (QED) is 0.755. The predicted octanol–water partition coefficient (Wildman–Crippen LogP) is 1.91. The summed E-state index contributed by atoms with van der Waals surface area (Å²) in [6.07, 6.45) is 0.960. The number of hydrogen-bond donors (Lipinski definition) is 3. The van der Waals surface area contributed by atoms with Crippen LogP contribution in [-0.4, -0.2) is 18.1 Å². The molecule has 0 radical (unpaired) electrons. The van der Waals surface area contributed by atoms with Crippen LogP contribution >= 0.6 is 0 Å². The minimum Gasteiger partial charge on any atom is -0.408 e. The van der Waals surface area contributed by atoms with E-state index in [-0.39, 0.29) is 5.41 Å². The van der Waals surface area contributed by atoms with Crippen molar-refractivity contribution in [2.24, 2.45) is 11.1 Å². The molecule has 0 amide bonds. The van der Waals surface area contributed by atoms with E-state index in [1.807, 2.05) is 18.2 Å². The highest BCUT2D eigenvalue weighted by atomic mass is 16.4. The lowest BCUT2D eigenvalue weighted by Crippen LogP contribution is -2.26. The maximum atomic E-state index is 11.0. The Morgan fingerprint density at radius 3 is 2.94 bits per heavy atom. The molecule has 0 aliphatic heterocycles. The number of rotatable bonds is 5. The monoisotopic (exact) mass is 249 g/mol. The van der Waals surface area contributed by atoms with Crippen LogP contribution in [0.4, 0.5) is 5.69 Å². The number of anilines is 1. The molecule has 1 heterocycles. The smallest absolute Gasteiger partial charge is 0.408 e. The molecular formula is C13H19N3O2. The maximum Gasteiger partial charge on any atom is 0.417 e. The fraction of sp³-hybridized carbons (Fsp3) is 0.462. The van der Waals surface area contributed by atoms with Crippen molar-refractivity contribution in [3.05, 3.63) is 28.7 Å². The van der Waals surface area contributed by atoms with Crippen LogP contribution in [-0.2, 0) is 0 Å². The minimum atomic E-state index is -0.425. The summed E-state index contributed by atoms with van der Waals surface area (Å²) in [5.41, 5.74) is 7.95. The Morgan fingerprint density at radius 1 is 1.44 bits per heavy atom. The molecule has 18 heavy (non-hydrogen) atoms. The van der Waals surface area contributed by atoms with E-state index in [4.69, 9.17) is 10.2 Å². The van der Waals surface area contributed by atoms with Gasteiger partial charge in [0.1, 0.15) is 0 Å². The van der Waals surface area contributed by atoms with Gasteiger partial charge in [-0.05, 0) is 30.5 Å². The van der Waals surface area contributed by atoms with E-state index in [1.165, 1.54) is 0 Å². The van der Waals surface area contributed by atoms with Crippen molar-refractivity contribution in [2.75, 3.05) is 18.4 Å². The van der Waals surface area contributed by atoms with Crippen molar-refractivity contribution in [1.29, 1.82) is 0 Å². The first-order valence-corrected chi connectivity index (χ1v) is 6.07. The normalized spacial score (nSPS) is 11.9. The van der Waals surface area contributed by atoms with Gasteiger partial charge in [-0.15, -0.1) is 0 Å². The molecule has 98 valence electrons. The van der Waals surface area contributed by atoms with Crippen LogP contribution in [0.1, 0.15) is 20.3 Å². The van der Waals surface area contributed by atoms with Gasteiger partial charge in [0.05, 0.1) is 5.52 Å². The number of aromatic nitrogens is 1.